The van der Waals surface area contributed by atoms with E-state index in [1.807, 2.05) is 12.1 Å². The summed E-state index contributed by atoms with van der Waals surface area (Å²) >= 11 is 5.34. The molecule has 2 heterocycles. The average Bonchev–Trinajstić information content (AvgIpc) is 3.05. The van der Waals surface area contributed by atoms with Crippen molar-refractivity contribution in [2.24, 2.45) is 0 Å². The Hall–Kier alpha value is -1.70. The highest BCUT2D eigenvalue weighted by Crippen LogP contribution is 2.50. The topological polar surface area (TPSA) is 65.7 Å². The molecule has 1 aliphatic rings. The summed E-state index contributed by atoms with van der Waals surface area (Å²) in [6, 6.07) is 5.37. The summed E-state index contributed by atoms with van der Waals surface area (Å²) in [4.78, 5) is 25.2. The van der Waals surface area contributed by atoms with Gasteiger partial charge in [-0.2, -0.15) is 0 Å². The van der Waals surface area contributed by atoms with Gasteiger partial charge in [-0.3, -0.25) is 0 Å². The highest BCUT2D eigenvalue weighted by molar-refractivity contribution is 9.10. The first-order valence-corrected chi connectivity index (χ1v) is 10.4. The number of benzene rings is 1. The van der Waals surface area contributed by atoms with E-state index in [-0.39, 0.29) is 11.2 Å². The van der Waals surface area contributed by atoms with E-state index < -0.39 is 11.6 Å². The minimum absolute atomic E-state index is 0.0964. The van der Waals surface area contributed by atoms with Crippen molar-refractivity contribution < 1.29 is 18.7 Å². The van der Waals surface area contributed by atoms with Crippen molar-refractivity contribution in [1.82, 2.24) is 0 Å². The van der Waals surface area contributed by atoms with Crippen LogP contribution in [-0.4, -0.2) is 20.2 Å². The Morgan fingerprint density at radius 3 is 2.63 bits per heavy atom. The van der Waals surface area contributed by atoms with Gasteiger partial charge in [-0.25, -0.2) is 9.59 Å². The minimum Gasteiger partial charge on any atom is -0.465 e. The standard InChI is InChI=1S/C20H19BrO5S/c1-24-18(22)13-10-11-6-7-12-14(21)17(20(25-2)8-4-3-5-9-20)27-16(12)15(11)26-19(13)23/h6-7,10H,3-5,8-9H2,1-2H3. The first-order valence-electron chi connectivity index (χ1n) is 8.83. The summed E-state index contributed by atoms with van der Waals surface area (Å²) in [6.45, 7) is 0. The maximum Gasteiger partial charge on any atom is 0.351 e. The van der Waals surface area contributed by atoms with Crippen LogP contribution in [0.25, 0.3) is 21.1 Å². The van der Waals surface area contributed by atoms with Crippen LogP contribution in [0.1, 0.15) is 47.3 Å². The zero-order valence-corrected chi connectivity index (χ0v) is 17.5. The van der Waals surface area contributed by atoms with E-state index in [9.17, 15) is 9.59 Å². The number of hydrogen-bond acceptors (Lipinski definition) is 6. The third-order valence-electron chi connectivity index (χ3n) is 5.37. The molecule has 5 nitrogen and oxygen atoms in total. The molecule has 1 aromatic carbocycles. The molecule has 142 valence electrons. The van der Waals surface area contributed by atoms with Gasteiger partial charge in [-0.05, 0) is 34.8 Å². The van der Waals surface area contributed by atoms with Crippen LogP contribution in [0.4, 0.5) is 0 Å². The SMILES string of the molecule is COC(=O)c1cc2ccc3c(Br)c(C4(OC)CCCCC4)sc3c2oc1=O. The van der Waals surface area contributed by atoms with E-state index in [2.05, 4.69) is 20.7 Å². The number of halogens is 1. The Morgan fingerprint density at radius 1 is 1.22 bits per heavy atom. The van der Waals surface area contributed by atoms with Gasteiger partial charge >= 0.3 is 11.6 Å². The number of fused-ring (bicyclic) bond motifs is 3. The van der Waals surface area contributed by atoms with E-state index in [4.69, 9.17) is 9.15 Å². The van der Waals surface area contributed by atoms with E-state index in [1.165, 1.54) is 19.6 Å². The van der Waals surface area contributed by atoms with Crippen LogP contribution in [0.3, 0.4) is 0 Å². The fourth-order valence-corrected chi connectivity index (χ4v) is 6.37. The van der Waals surface area contributed by atoms with Crippen molar-refractivity contribution in [1.29, 1.82) is 0 Å². The highest BCUT2D eigenvalue weighted by atomic mass is 79.9. The Labute approximate surface area is 168 Å². The predicted molar refractivity (Wildman–Crippen MR) is 109 cm³/mol. The van der Waals surface area contributed by atoms with Gasteiger partial charge in [0, 0.05) is 22.4 Å². The normalized spacial score (nSPS) is 16.7. The van der Waals surface area contributed by atoms with E-state index in [1.54, 1.807) is 18.4 Å². The van der Waals surface area contributed by atoms with Crippen LogP contribution >= 0.6 is 27.3 Å². The number of esters is 1. The van der Waals surface area contributed by atoms with Crippen molar-refractivity contribution in [3.63, 3.8) is 0 Å². The van der Waals surface area contributed by atoms with Crippen molar-refractivity contribution in [2.75, 3.05) is 14.2 Å². The fourth-order valence-electron chi connectivity index (χ4n) is 3.89. The van der Waals surface area contributed by atoms with Gasteiger partial charge in [0.1, 0.15) is 11.2 Å². The van der Waals surface area contributed by atoms with Crippen LogP contribution in [0.15, 0.2) is 31.9 Å². The lowest BCUT2D eigenvalue weighted by Gasteiger charge is -2.35. The van der Waals surface area contributed by atoms with Gasteiger partial charge in [0.25, 0.3) is 0 Å². The molecule has 27 heavy (non-hydrogen) atoms. The van der Waals surface area contributed by atoms with Crippen LogP contribution in [0, 0.1) is 0 Å². The molecule has 0 aliphatic heterocycles. The molecule has 3 aromatic rings. The number of carbonyl (C=O) groups is 1. The second-order valence-electron chi connectivity index (χ2n) is 6.80. The summed E-state index contributed by atoms with van der Waals surface area (Å²) in [6.07, 6.45) is 5.44. The smallest absolute Gasteiger partial charge is 0.351 e. The summed E-state index contributed by atoms with van der Waals surface area (Å²) in [5.74, 6) is -0.695. The molecule has 0 radical (unpaired) electrons. The maximum atomic E-state index is 12.3. The van der Waals surface area contributed by atoms with E-state index in [0.29, 0.717) is 11.0 Å². The van der Waals surface area contributed by atoms with Crippen LogP contribution in [0.2, 0.25) is 0 Å². The van der Waals surface area contributed by atoms with Gasteiger partial charge < -0.3 is 13.9 Å². The van der Waals surface area contributed by atoms with E-state index >= 15 is 0 Å². The Morgan fingerprint density at radius 2 is 1.96 bits per heavy atom. The Bertz CT molecular complexity index is 1090. The molecule has 0 unspecified atom stereocenters. The van der Waals surface area contributed by atoms with Gasteiger partial charge in [-0.15, -0.1) is 11.3 Å². The number of rotatable bonds is 3. The Kier molecular flexibility index (Phi) is 4.86. The molecule has 0 spiro atoms. The fraction of sp³-hybridized carbons (Fsp3) is 0.400. The van der Waals surface area contributed by atoms with Crippen molar-refractivity contribution >= 4 is 54.3 Å². The molecule has 0 N–H and O–H groups in total. The zero-order valence-electron chi connectivity index (χ0n) is 15.1. The predicted octanol–water partition coefficient (Wildman–Crippen LogP) is 5.36. The second-order valence-corrected chi connectivity index (χ2v) is 8.62. The molecule has 2 aromatic heterocycles. The summed E-state index contributed by atoms with van der Waals surface area (Å²) in [5.41, 5.74) is -0.601. The van der Waals surface area contributed by atoms with Gasteiger partial charge in [0.05, 0.1) is 16.7 Å². The molecular formula is C20H19BrO5S. The molecular weight excluding hydrogens is 432 g/mol. The second kappa shape index (κ2) is 7.04. The lowest BCUT2D eigenvalue weighted by atomic mass is 9.83. The third kappa shape index (κ3) is 2.92. The lowest BCUT2D eigenvalue weighted by Crippen LogP contribution is -2.30. The van der Waals surface area contributed by atoms with Crippen molar-refractivity contribution in [3.8, 4) is 0 Å². The first-order chi connectivity index (χ1) is 13.0. The van der Waals surface area contributed by atoms with Crippen LogP contribution in [0.5, 0.6) is 0 Å². The molecule has 7 heteroatoms. The largest absolute Gasteiger partial charge is 0.465 e. The minimum atomic E-state index is -0.695. The molecule has 0 bridgehead atoms. The van der Waals surface area contributed by atoms with Crippen molar-refractivity contribution in [2.45, 2.75) is 37.7 Å². The molecule has 0 atom stereocenters. The lowest BCUT2D eigenvalue weighted by molar-refractivity contribution is -0.0419. The van der Waals surface area contributed by atoms with E-state index in [0.717, 1.165) is 45.1 Å². The van der Waals surface area contributed by atoms with Crippen LogP contribution < -0.4 is 5.63 Å². The quantitative estimate of drug-likeness (QED) is 0.396. The molecule has 0 saturated heterocycles. The summed E-state index contributed by atoms with van der Waals surface area (Å²) < 4.78 is 18.1. The molecule has 4 rings (SSSR count). The summed E-state index contributed by atoms with van der Waals surface area (Å²) in [5, 5.41) is 1.68. The van der Waals surface area contributed by atoms with Crippen LogP contribution in [-0.2, 0) is 15.1 Å². The monoisotopic (exact) mass is 450 g/mol. The van der Waals surface area contributed by atoms with Crippen molar-refractivity contribution in [3.05, 3.63) is 43.5 Å². The highest BCUT2D eigenvalue weighted by Gasteiger charge is 2.38. The van der Waals surface area contributed by atoms with Gasteiger partial charge in [-0.1, -0.05) is 31.4 Å². The molecule has 1 aliphatic carbocycles. The number of carbonyl (C=O) groups excluding carboxylic acids is 1. The zero-order chi connectivity index (χ0) is 19.2. The number of ether oxygens (including phenoxy) is 2. The third-order valence-corrected chi connectivity index (χ3v) is 7.84. The first kappa shape index (κ1) is 18.7. The van der Waals surface area contributed by atoms with Gasteiger partial charge in [0.15, 0.2) is 5.58 Å². The average molecular weight is 451 g/mol. The molecule has 1 fully saturated rings. The number of thiophene rings is 1. The summed E-state index contributed by atoms with van der Waals surface area (Å²) in [7, 11) is 3.01. The van der Waals surface area contributed by atoms with Gasteiger partial charge in [0.2, 0.25) is 0 Å². The number of hydrogen-bond donors (Lipinski definition) is 0. The maximum absolute atomic E-state index is 12.3. The molecule has 0 amide bonds. The number of methoxy groups -OCH3 is 2. The molecule has 1 saturated carbocycles. The Balaban J connectivity index is 1.96.